The quantitative estimate of drug-likeness (QED) is 0.487. The molecule has 0 saturated carbocycles. The standard InChI is InChI=1S/C20H26N4O5S/c1-21-9-11-23(12-10-21)30(27,28)18-7-8-19(20(14-18)24(25)26)22(2)15-16-5-4-6-17(13-16)29-3/h4-8,13-14H,9-12,15H2,1-3H3. The molecule has 1 saturated heterocycles. The number of hydrogen-bond donors (Lipinski definition) is 0. The van der Waals surface area contributed by atoms with Gasteiger partial charge in [0.25, 0.3) is 5.69 Å². The zero-order valence-electron chi connectivity index (χ0n) is 17.3. The van der Waals surface area contributed by atoms with E-state index in [2.05, 4.69) is 0 Å². The Hall–Kier alpha value is -2.69. The van der Waals surface area contributed by atoms with E-state index in [1.807, 2.05) is 36.2 Å². The maximum atomic E-state index is 13.0. The molecule has 162 valence electrons. The first kappa shape index (κ1) is 22.0. The lowest BCUT2D eigenvalue weighted by molar-refractivity contribution is -0.384. The Labute approximate surface area is 176 Å². The summed E-state index contributed by atoms with van der Waals surface area (Å²) in [5.74, 6) is 0.698. The van der Waals surface area contributed by atoms with Crippen LogP contribution in [0.4, 0.5) is 11.4 Å². The Bertz CT molecular complexity index is 1020. The first-order valence-electron chi connectivity index (χ1n) is 9.53. The molecule has 10 heteroatoms. The van der Waals surface area contributed by atoms with Crippen LogP contribution in [0.3, 0.4) is 0 Å². The molecule has 0 spiro atoms. The van der Waals surface area contributed by atoms with E-state index in [0.29, 0.717) is 44.2 Å². The summed E-state index contributed by atoms with van der Waals surface area (Å²) in [6.07, 6.45) is 0. The molecule has 0 radical (unpaired) electrons. The average Bonchev–Trinajstić information content (AvgIpc) is 2.73. The molecule has 1 heterocycles. The predicted molar refractivity (Wildman–Crippen MR) is 114 cm³/mol. The van der Waals surface area contributed by atoms with Gasteiger partial charge in [0.1, 0.15) is 11.4 Å². The maximum absolute atomic E-state index is 13.0. The summed E-state index contributed by atoms with van der Waals surface area (Å²) in [5, 5.41) is 11.7. The average molecular weight is 435 g/mol. The van der Waals surface area contributed by atoms with Crippen LogP contribution >= 0.6 is 0 Å². The van der Waals surface area contributed by atoms with E-state index in [1.54, 1.807) is 19.1 Å². The fourth-order valence-electron chi connectivity index (χ4n) is 3.44. The summed E-state index contributed by atoms with van der Waals surface area (Å²) < 4.78 is 32.5. The monoisotopic (exact) mass is 434 g/mol. The molecule has 0 bridgehead atoms. The number of nitro groups is 1. The van der Waals surface area contributed by atoms with Gasteiger partial charge >= 0.3 is 0 Å². The summed E-state index contributed by atoms with van der Waals surface area (Å²) in [7, 11) is 1.46. The van der Waals surface area contributed by atoms with E-state index >= 15 is 0 Å². The Morgan fingerprint density at radius 3 is 2.47 bits per heavy atom. The number of methoxy groups -OCH3 is 1. The van der Waals surface area contributed by atoms with Crippen molar-refractivity contribution in [2.45, 2.75) is 11.4 Å². The zero-order valence-corrected chi connectivity index (χ0v) is 18.1. The first-order chi connectivity index (χ1) is 14.2. The molecular formula is C20H26N4O5S. The van der Waals surface area contributed by atoms with Crippen molar-refractivity contribution < 1.29 is 18.1 Å². The van der Waals surface area contributed by atoms with Crippen LogP contribution in [0.5, 0.6) is 5.75 Å². The number of nitro benzene ring substituents is 1. The fraction of sp³-hybridized carbons (Fsp3) is 0.400. The van der Waals surface area contributed by atoms with Crippen LogP contribution in [0.15, 0.2) is 47.4 Å². The molecule has 1 fully saturated rings. The second kappa shape index (κ2) is 8.99. The van der Waals surface area contributed by atoms with Gasteiger partial charge in [-0.15, -0.1) is 0 Å². The van der Waals surface area contributed by atoms with Crippen LogP contribution in [0.25, 0.3) is 0 Å². The smallest absolute Gasteiger partial charge is 0.293 e. The zero-order chi connectivity index (χ0) is 21.9. The van der Waals surface area contributed by atoms with Crippen molar-refractivity contribution in [1.29, 1.82) is 0 Å². The molecule has 9 nitrogen and oxygen atoms in total. The molecule has 1 aliphatic heterocycles. The normalized spacial score (nSPS) is 15.7. The summed E-state index contributed by atoms with van der Waals surface area (Å²) in [4.78, 5) is 14.9. The highest BCUT2D eigenvalue weighted by atomic mass is 32.2. The van der Waals surface area contributed by atoms with E-state index in [1.165, 1.54) is 16.4 Å². The third-order valence-electron chi connectivity index (χ3n) is 5.21. The third-order valence-corrected chi connectivity index (χ3v) is 7.10. The second-order valence-electron chi connectivity index (χ2n) is 7.32. The number of rotatable bonds is 7. The van der Waals surface area contributed by atoms with Crippen molar-refractivity contribution in [3.05, 3.63) is 58.1 Å². The molecule has 1 aliphatic rings. The maximum Gasteiger partial charge on any atom is 0.293 e. The third kappa shape index (κ3) is 4.72. The number of anilines is 1. The van der Waals surface area contributed by atoms with Gasteiger partial charge in [0, 0.05) is 45.8 Å². The molecule has 3 rings (SSSR count). The number of benzene rings is 2. The predicted octanol–water partition coefficient (Wildman–Crippen LogP) is 2.18. The second-order valence-corrected chi connectivity index (χ2v) is 9.26. The minimum atomic E-state index is -3.78. The molecule has 0 aliphatic carbocycles. The Balaban J connectivity index is 1.88. The highest BCUT2D eigenvalue weighted by Gasteiger charge is 2.30. The first-order valence-corrected chi connectivity index (χ1v) is 11.0. The van der Waals surface area contributed by atoms with Gasteiger partial charge in [-0.2, -0.15) is 4.31 Å². The van der Waals surface area contributed by atoms with Crippen molar-refractivity contribution >= 4 is 21.4 Å². The number of likely N-dealkylation sites (N-methyl/N-ethyl adjacent to an activating group) is 1. The van der Waals surface area contributed by atoms with Crippen molar-refractivity contribution in [3.8, 4) is 5.75 Å². The van der Waals surface area contributed by atoms with Crippen LogP contribution in [0.2, 0.25) is 0 Å². The molecular weight excluding hydrogens is 408 g/mol. The van der Waals surface area contributed by atoms with E-state index in [-0.39, 0.29) is 10.6 Å². The van der Waals surface area contributed by atoms with E-state index in [4.69, 9.17) is 4.74 Å². The summed E-state index contributed by atoms with van der Waals surface area (Å²) in [5.41, 5.74) is 1.02. The number of sulfonamides is 1. The van der Waals surface area contributed by atoms with Crippen molar-refractivity contribution in [3.63, 3.8) is 0 Å². The lowest BCUT2D eigenvalue weighted by Crippen LogP contribution is -2.47. The summed E-state index contributed by atoms with van der Waals surface area (Å²) >= 11 is 0. The number of piperazine rings is 1. The van der Waals surface area contributed by atoms with Crippen LogP contribution in [-0.2, 0) is 16.6 Å². The fourth-order valence-corrected chi connectivity index (χ4v) is 4.88. The molecule has 0 aromatic heterocycles. The SMILES string of the molecule is COc1cccc(CN(C)c2ccc(S(=O)(=O)N3CCN(C)CC3)cc2[N+](=O)[O-])c1. The highest BCUT2D eigenvalue weighted by molar-refractivity contribution is 7.89. The summed E-state index contributed by atoms with van der Waals surface area (Å²) in [6.45, 7) is 2.39. The molecule has 0 unspecified atom stereocenters. The molecule has 2 aromatic carbocycles. The molecule has 30 heavy (non-hydrogen) atoms. The van der Waals surface area contributed by atoms with E-state index < -0.39 is 14.9 Å². The van der Waals surface area contributed by atoms with Gasteiger partial charge in [0.2, 0.25) is 10.0 Å². The van der Waals surface area contributed by atoms with Gasteiger partial charge in [-0.25, -0.2) is 8.42 Å². The van der Waals surface area contributed by atoms with Gasteiger partial charge in [-0.3, -0.25) is 10.1 Å². The Morgan fingerprint density at radius 1 is 1.13 bits per heavy atom. The van der Waals surface area contributed by atoms with Gasteiger partial charge in [-0.05, 0) is 36.9 Å². The topological polar surface area (TPSA) is 96.2 Å². The lowest BCUT2D eigenvalue weighted by Gasteiger charge is -2.31. The van der Waals surface area contributed by atoms with Crippen LogP contribution in [0, 0.1) is 10.1 Å². The number of ether oxygens (including phenoxy) is 1. The minimum Gasteiger partial charge on any atom is -0.497 e. The molecule has 0 atom stereocenters. The van der Waals surface area contributed by atoms with Crippen LogP contribution < -0.4 is 9.64 Å². The van der Waals surface area contributed by atoms with Crippen molar-refractivity contribution in [1.82, 2.24) is 9.21 Å². The molecule has 0 amide bonds. The lowest BCUT2D eigenvalue weighted by atomic mass is 10.2. The molecule has 2 aromatic rings. The Kier molecular flexibility index (Phi) is 6.59. The van der Waals surface area contributed by atoms with E-state index in [0.717, 1.165) is 11.6 Å². The largest absolute Gasteiger partial charge is 0.497 e. The van der Waals surface area contributed by atoms with Crippen molar-refractivity contribution in [2.24, 2.45) is 0 Å². The summed E-state index contributed by atoms with van der Waals surface area (Å²) in [6, 6.07) is 11.5. The van der Waals surface area contributed by atoms with Gasteiger partial charge in [-0.1, -0.05) is 12.1 Å². The van der Waals surface area contributed by atoms with E-state index in [9.17, 15) is 18.5 Å². The Morgan fingerprint density at radius 2 is 1.83 bits per heavy atom. The number of hydrogen-bond acceptors (Lipinski definition) is 7. The van der Waals surface area contributed by atoms with Gasteiger partial charge in [0.15, 0.2) is 0 Å². The van der Waals surface area contributed by atoms with Crippen molar-refractivity contribution in [2.75, 3.05) is 52.3 Å². The van der Waals surface area contributed by atoms with Crippen LogP contribution in [-0.4, -0.2) is 69.9 Å². The number of nitrogens with zero attached hydrogens (tertiary/aromatic N) is 4. The molecule has 0 N–H and O–H groups in total. The highest BCUT2D eigenvalue weighted by Crippen LogP contribution is 2.32. The van der Waals surface area contributed by atoms with Gasteiger partial charge in [0.05, 0.1) is 16.9 Å². The minimum absolute atomic E-state index is 0.0581. The van der Waals surface area contributed by atoms with Crippen LogP contribution in [0.1, 0.15) is 5.56 Å². The van der Waals surface area contributed by atoms with Gasteiger partial charge < -0.3 is 14.5 Å².